The smallest absolute Gasteiger partial charge is 0.368 e. The number of hydrogen-bond donors (Lipinski definition) is 0. The first-order chi connectivity index (χ1) is 19.1. The second-order valence-electron chi connectivity index (χ2n) is 9.30. The van der Waals surface area contributed by atoms with Crippen LogP contribution in [0.5, 0.6) is 0 Å². The van der Waals surface area contributed by atoms with Crippen LogP contribution in [0.3, 0.4) is 0 Å². The van der Waals surface area contributed by atoms with Crippen molar-refractivity contribution >= 4 is 40.6 Å². The van der Waals surface area contributed by atoms with Crippen molar-refractivity contribution in [3.8, 4) is 0 Å². The molecule has 3 aromatic carbocycles. The number of piperazine rings is 1. The van der Waals surface area contributed by atoms with Gasteiger partial charge in [0.15, 0.2) is 0 Å². The predicted octanol–water partition coefficient (Wildman–Crippen LogP) is 6.04. The summed E-state index contributed by atoms with van der Waals surface area (Å²) < 4.78 is 53.2. The second kappa shape index (κ2) is 11.2. The van der Waals surface area contributed by atoms with Gasteiger partial charge in [-0.3, -0.25) is 19.3 Å². The second-order valence-corrected chi connectivity index (χ2v) is 10.3. The minimum atomic E-state index is -4.61. The molecule has 40 heavy (non-hydrogen) atoms. The Bertz CT molecular complexity index is 1470. The first-order valence-electron chi connectivity index (χ1n) is 12.4. The van der Waals surface area contributed by atoms with Crippen LogP contribution in [0.2, 0.25) is 0 Å². The van der Waals surface area contributed by atoms with Crippen molar-refractivity contribution in [2.24, 2.45) is 0 Å². The van der Waals surface area contributed by atoms with E-state index in [4.69, 9.17) is 0 Å². The highest BCUT2D eigenvalue weighted by Crippen LogP contribution is 2.36. The van der Waals surface area contributed by atoms with Gasteiger partial charge >= 0.3 is 6.18 Å². The number of benzene rings is 3. The van der Waals surface area contributed by atoms with E-state index in [1.165, 1.54) is 36.4 Å². The van der Waals surface area contributed by atoms with Gasteiger partial charge in [-0.25, -0.2) is 4.39 Å². The van der Waals surface area contributed by atoms with Gasteiger partial charge in [0.1, 0.15) is 5.82 Å². The molecule has 0 N–H and O–H groups in total. The van der Waals surface area contributed by atoms with Crippen molar-refractivity contribution < 1.29 is 31.9 Å². The third-order valence-corrected chi connectivity index (χ3v) is 7.65. The van der Waals surface area contributed by atoms with Gasteiger partial charge in [-0.05, 0) is 71.4 Å². The zero-order valence-electron chi connectivity index (χ0n) is 21.0. The molecule has 3 aromatic rings. The maximum atomic E-state index is 13.3. The van der Waals surface area contributed by atoms with Gasteiger partial charge in [0.05, 0.1) is 17.0 Å². The Balaban J connectivity index is 1.22. The van der Waals surface area contributed by atoms with Gasteiger partial charge in [-0.2, -0.15) is 13.2 Å². The molecule has 0 unspecified atom stereocenters. The van der Waals surface area contributed by atoms with E-state index in [-0.39, 0.29) is 22.2 Å². The molecule has 0 aromatic heterocycles. The maximum absolute atomic E-state index is 13.3. The van der Waals surface area contributed by atoms with Crippen LogP contribution in [-0.2, 0) is 17.5 Å². The van der Waals surface area contributed by atoms with Crippen molar-refractivity contribution in [2.45, 2.75) is 12.7 Å². The molecule has 0 spiro atoms. The molecule has 0 atom stereocenters. The minimum absolute atomic E-state index is 0.0884. The fourth-order valence-corrected chi connectivity index (χ4v) is 5.46. The molecule has 11 heteroatoms. The molecule has 0 radical (unpaired) electrons. The molecular formula is C29H23F4N3O3S. The largest absolute Gasteiger partial charge is 0.416 e. The monoisotopic (exact) mass is 569 g/mol. The number of halogens is 4. The van der Waals surface area contributed by atoms with Gasteiger partial charge in [0, 0.05) is 37.4 Å². The Morgan fingerprint density at radius 3 is 2.17 bits per heavy atom. The molecule has 0 saturated carbocycles. The number of amides is 3. The fourth-order valence-electron chi connectivity index (χ4n) is 4.62. The number of thioether (sulfide) groups is 1. The summed E-state index contributed by atoms with van der Waals surface area (Å²) in [7, 11) is 0. The van der Waals surface area contributed by atoms with E-state index in [1.54, 1.807) is 41.3 Å². The predicted molar refractivity (Wildman–Crippen MR) is 144 cm³/mol. The van der Waals surface area contributed by atoms with Crippen LogP contribution in [0.15, 0.2) is 77.7 Å². The molecular weight excluding hydrogens is 546 g/mol. The SMILES string of the molecule is O=C(c1ccc(/C=C2\SC(=O)N(Cc3ccccc3C(F)(F)F)C2=O)cc1)N1CCN(c2ccc(F)cc2)CC1. The Hall–Kier alpha value is -4.12. The minimum Gasteiger partial charge on any atom is -0.368 e. The first kappa shape index (κ1) is 27.4. The van der Waals surface area contributed by atoms with E-state index < -0.39 is 29.4 Å². The lowest BCUT2D eigenvalue weighted by Crippen LogP contribution is -2.48. The van der Waals surface area contributed by atoms with Crippen LogP contribution in [0.1, 0.15) is 27.0 Å². The molecule has 3 amide bonds. The lowest BCUT2D eigenvalue weighted by molar-refractivity contribution is -0.139. The highest BCUT2D eigenvalue weighted by atomic mass is 32.2. The molecule has 2 aliphatic rings. The molecule has 2 heterocycles. The molecule has 5 rings (SSSR count). The number of anilines is 1. The molecule has 2 saturated heterocycles. The van der Waals surface area contributed by atoms with Crippen molar-refractivity contribution in [1.82, 2.24) is 9.80 Å². The van der Waals surface area contributed by atoms with E-state index >= 15 is 0 Å². The summed E-state index contributed by atoms with van der Waals surface area (Å²) in [6.07, 6.45) is -3.13. The van der Waals surface area contributed by atoms with Gasteiger partial charge in [0.25, 0.3) is 17.1 Å². The lowest BCUT2D eigenvalue weighted by atomic mass is 10.1. The number of rotatable bonds is 5. The van der Waals surface area contributed by atoms with Crippen molar-refractivity contribution in [3.63, 3.8) is 0 Å². The Morgan fingerprint density at radius 2 is 1.52 bits per heavy atom. The molecule has 0 aliphatic carbocycles. The zero-order chi connectivity index (χ0) is 28.4. The van der Waals surface area contributed by atoms with Gasteiger partial charge in [0.2, 0.25) is 0 Å². The Morgan fingerprint density at radius 1 is 0.875 bits per heavy atom. The van der Waals surface area contributed by atoms with E-state index in [9.17, 15) is 31.9 Å². The summed E-state index contributed by atoms with van der Waals surface area (Å²) in [5, 5.41) is -0.653. The number of alkyl halides is 3. The first-order valence-corrected chi connectivity index (χ1v) is 13.2. The van der Waals surface area contributed by atoms with Crippen LogP contribution in [0.4, 0.5) is 28.0 Å². The summed E-state index contributed by atoms with van der Waals surface area (Å²) in [5.74, 6) is -1.12. The van der Waals surface area contributed by atoms with Gasteiger partial charge < -0.3 is 9.80 Å². The normalized spacial score (nSPS) is 17.2. The molecule has 2 aliphatic heterocycles. The summed E-state index contributed by atoms with van der Waals surface area (Å²) in [6.45, 7) is 1.74. The Kier molecular flexibility index (Phi) is 7.66. The van der Waals surface area contributed by atoms with Crippen LogP contribution in [0, 0.1) is 5.82 Å². The molecule has 6 nitrogen and oxygen atoms in total. The van der Waals surface area contributed by atoms with Crippen LogP contribution in [-0.4, -0.2) is 53.0 Å². The third-order valence-electron chi connectivity index (χ3n) is 6.74. The summed E-state index contributed by atoms with van der Waals surface area (Å²) in [4.78, 5) is 43.0. The summed E-state index contributed by atoms with van der Waals surface area (Å²) in [5.41, 5.74) is 0.866. The number of hydrogen-bond acceptors (Lipinski definition) is 5. The maximum Gasteiger partial charge on any atom is 0.416 e. The van der Waals surface area contributed by atoms with Crippen molar-refractivity contribution in [1.29, 1.82) is 0 Å². The van der Waals surface area contributed by atoms with Crippen LogP contribution >= 0.6 is 11.8 Å². The van der Waals surface area contributed by atoms with E-state index in [1.807, 2.05) is 0 Å². The number of carbonyl (C=O) groups excluding carboxylic acids is 3. The zero-order valence-corrected chi connectivity index (χ0v) is 21.8. The van der Waals surface area contributed by atoms with E-state index in [2.05, 4.69) is 4.90 Å². The highest BCUT2D eigenvalue weighted by Gasteiger charge is 2.38. The average molecular weight is 570 g/mol. The number of carbonyl (C=O) groups is 3. The summed E-state index contributed by atoms with van der Waals surface area (Å²) >= 11 is 0.658. The third kappa shape index (κ3) is 5.89. The van der Waals surface area contributed by atoms with Crippen molar-refractivity contribution in [2.75, 3.05) is 31.1 Å². The summed E-state index contributed by atoms with van der Waals surface area (Å²) in [6, 6.07) is 17.6. The van der Waals surface area contributed by atoms with Gasteiger partial charge in [-0.15, -0.1) is 0 Å². The fraction of sp³-hybridized carbons (Fsp3) is 0.207. The topological polar surface area (TPSA) is 60.9 Å². The Labute approximate surface area is 231 Å². The van der Waals surface area contributed by atoms with E-state index in [0.717, 1.165) is 16.7 Å². The van der Waals surface area contributed by atoms with Crippen molar-refractivity contribution in [3.05, 3.63) is 106 Å². The highest BCUT2D eigenvalue weighted by molar-refractivity contribution is 8.18. The van der Waals surface area contributed by atoms with Crippen LogP contribution in [0.25, 0.3) is 6.08 Å². The number of nitrogens with zero attached hydrogens (tertiary/aromatic N) is 3. The van der Waals surface area contributed by atoms with Crippen LogP contribution < -0.4 is 4.90 Å². The molecule has 2 fully saturated rings. The van der Waals surface area contributed by atoms with Gasteiger partial charge in [-0.1, -0.05) is 30.3 Å². The lowest BCUT2D eigenvalue weighted by Gasteiger charge is -2.36. The van der Waals surface area contributed by atoms with E-state index in [0.29, 0.717) is 49.1 Å². The quantitative estimate of drug-likeness (QED) is 0.277. The average Bonchev–Trinajstić information content (AvgIpc) is 3.20. The molecule has 206 valence electrons. The standard InChI is InChI=1S/C29H23F4N3O3S/c30-22-9-11-23(12-10-22)34-13-15-35(16-14-34)26(37)20-7-5-19(6-8-20)17-25-27(38)36(28(39)40-25)18-21-3-1-2-4-24(21)29(31,32)33/h1-12,17H,13-16,18H2/b25-17-. The number of imide groups is 1. The molecule has 0 bridgehead atoms.